The lowest BCUT2D eigenvalue weighted by Gasteiger charge is -2.61. The van der Waals surface area contributed by atoms with E-state index in [9.17, 15) is 18.0 Å². The largest absolute Gasteiger partial charge is 0.467 e. The molecule has 36 heavy (non-hydrogen) atoms. The van der Waals surface area contributed by atoms with Crippen LogP contribution in [0.2, 0.25) is 0 Å². The van der Waals surface area contributed by atoms with E-state index in [1.807, 2.05) is 0 Å². The maximum absolute atomic E-state index is 13.9. The standard InChI is InChI=1S/C26H32F3N5O2/c27-26(28,29)22-11-20(21-2-1-7-36-21)31-23-19(15-30-34(22)23)24(35)32-3-5-33(6-4-32)25-12-16-8-17(13-25)10-18(9-16)14-25/h1-2,7,15-18,20,22,31H,3-6,8-14H2/t16?,17?,18?,20-,22+,25?/m1/s1. The second-order valence-corrected chi connectivity index (χ2v) is 11.8. The third-order valence-corrected chi connectivity index (χ3v) is 9.60. The molecule has 4 heterocycles. The zero-order valence-electron chi connectivity index (χ0n) is 20.2. The van der Waals surface area contributed by atoms with Gasteiger partial charge in [-0.1, -0.05) is 0 Å². The average molecular weight is 504 g/mol. The summed E-state index contributed by atoms with van der Waals surface area (Å²) >= 11 is 0. The number of anilines is 1. The summed E-state index contributed by atoms with van der Waals surface area (Å²) < 4.78 is 48.1. The molecule has 1 N–H and O–H groups in total. The van der Waals surface area contributed by atoms with E-state index in [-0.39, 0.29) is 23.7 Å². The highest BCUT2D eigenvalue weighted by atomic mass is 19.4. The van der Waals surface area contributed by atoms with E-state index >= 15 is 0 Å². The molecule has 4 aliphatic carbocycles. The van der Waals surface area contributed by atoms with Crippen LogP contribution in [0.25, 0.3) is 0 Å². The minimum Gasteiger partial charge on any atom is -0.467 e. The van der Waals surface area contributed by atoms with E-state index in [1.54, 1.807) is 17.0 Å². The summed E-state index contributed by atoms with van der Waals surface area (Å²) in [4.78, 5) is 18.0. The Morgan fingerprint density at radius 2 is 1.69 bits per heavy atom. The van der Waals surface area contributed by atoms with Crippen LogP contribution in [0.15, 0.2) is 29.0 Å². The van der Waals surface area contributed by atoms with Gasteiger partial charge in [0.15, 0.2) is 6.04 Å². The second-order valence-electron chi connectivity index (χ2n) is 11.8. The van der Waals surface area contributed by atoms with E-state index in [2.05, 4.69) is 15.3 Å². The van der Waals surface area contributed by atoms with Gasteiger partial charge in [0.05, 0.1) is 18.5 Å². The molecule has 4 saturated carbocycles. The molecule has 1 amide bonds. The third-order valence-electron chi connectivity index (χ3n) is 9.60. The number of carbonyl (C=O) groups is 1. The van der Waals surface area contributed by atoms with Gasteiger partial charge in [0, 0.05) is 38.1 Å². The van der Waals surface area contributed by atoms with Gasteiger partial charge in [-0.3, -0.25) is 9.69 Å². The highest BCUT2D eigenvalue weighted by molar-refractivity contribution is 5.99. The first-order valence-corrected chi connectivity index (χ1v) is 13.3. The maximum atomic E-state index is 13.9. The number of carbonyl (C=O) groups excluding carboxylic acids is 1. The Hall–Kier alpha value is -2.49. The van der Waals surface area contributed by atoms with Crippen molar-refractivity contribution in [2.45, 2.75) is 68.7 Å². The van der Waals surface area contributed by atoms with Crippen molar-refractivity contribution in [1.29, 1.82) is 0 Å². The highest BCUT2D eigenvalue weighted by Crippen LogP contribution is 2.58. The van der Waals surface area contributed by atoms with Gasteiger partial charge in [0.2, 0.25) is 0 Å². The first-order valence-electron chi connectivity index (χ1n) is 13.3. The molecule has 8 rings (SSSR count). The lowest BCUT2D eigenvalue weighted by Crippen LogP contribution is -2.64. The fraction of sp³-hybridized carbons (Fsp3) is 0.692. The van der Waals surface area contributed by atoms with Crippen molar-refractivity contribution >= 4 is 11.7 Å². The minimum atomic E-state index is -4.49. The number of hydrogen-bond donors (Lipinski definition) is 1. The van der Waals surface area contributed by atoms with Crippen molar-refractivity contribution in [3.8, 4) is 0 Å². The molecule has 194 valence electrons. The van der Waals surface area contributed by atoms with Gasteiger partial charge in [-0.15, -0.1) is 0 Å². The summed E-state index contributed by atoms with van der Waals surface area (Å²) in [6, 6.07) is 0.803. The quantitative estimate of drug-likeness (QED) is 0.648. The van der Waals surface area contributed by atoms with Gasteiger partial charge < -0.3 is 14.6 Å². The molecule has 0 spiro atoms. The SMILES string of the molecule is O=C(c1cnn2c1N[C@@H](c1ccco1)C[C@H]2C(F)(F)F)N1CCN(C23CC4CC(CC(C4)C2)C3)CC1. The van der Waals surface area contributed by atoms with E-state index in [1.165, 1.54) is 51.0 Å². The van der Waals surface area contributed by atoms with Crippen LogP contribution in [0, 0.1) is 17.8 Å². The van der Waals surface area contributed by atoms with Crippen molar-refractivity contribution in [1.82, 2.24) is 19.6 Å². The van der Waals surface area contributed by atoms with Crippen LogP contribution in [0.5, 0.6) is 0 Å². The Balaban J connectivity index is 1.09. The molecule has 7 nitrogen and oxygen atoms in total. The van der Waals surface area contributed by atoms with Gasteiger partial charge in [0.1, 0.15) is 17.1 Å². The number of rotatable bonds is 3. The van der Waals surface area contributed by atoms with Gasteiger partial charge in [-0.2, -0.15) is 18.3 Å². The Kier molecular flexibility index (Phi) is 5.04. The molecule has 0 radical (unpaired) electrons. The number of piperazine rings is 1. The van der Waals surface area contributed by atoms with Crippen LogP contribution >= 0.6 is 0 Å². The molecule has 1 saturated heterocycles. The third kappa shape index (κ3) is 3.58. The molecule has 4 bridgehead atoms. The Labute approximate surface area is 208 Å². The number of alkyl halides is 3. The molecule has 2 aromatic heterocycles. The predicted molar refractivity (Wildman–Crippen MR) is 125 cm³/mol. The van der Waals surface area contributed by atoms with E-state index < -0.39 is 18.3 Å². The topological polar surface area (TPSA) is 66.5 Å². The van der Waals surface area contributed by atoms with Crippen LogP contribution < -0.4 is 5.32 Å². The maximum Gasteiger partial charge on any atom is 0.410 e. The van der Waals surface area contributed by atoms with Crippen molar-refractivity contribution in [3.63, 3.8) is 0 Å². The fourth-order valence-corrected chi connectivity index (χ4v) is 8.40. The summed E-state index contributed by atoms with van der Waals surface area (Å²) in [6.45, 7) is 2.84. The smallest absolute Gasteiger partial charge is 0.410 e. The van der Waals surface area contributed by atoms with E-state index in [0.29, 0.717) is 24.4 Å². The van der Waals surface area contributed by atoms with Crippen LogP contribution in [0.1, 0.15) is 73.1 Å². The molecule has 6 aliphatic rings. The van der Waals surface area contributed by atoms with Crippen molar-refractivity contribution in [3.05, 3.63) is 35.9 Å². The zero-order chi connectivity index (χ0) is 24.7. The average Bonchev–Trinajstić information content (AvgIpc) is 3.52. The molecule has 5 fully saturated rings. The van der Waals surface area contributed by atoms with E-state index in [4.69, 9.17) is 4.42 Å². The predicted octanol–water partition coefficient (Wildman–Crippen LogP) is 4.86. The number of amides is 1. The Morgan fingerprint density at radius 1 is 1.03 bits per heavy atom. The molecular formula is C26H32F3N5O2. The minimum absolute atomic E-state index is 0.124. The molecule has 2 atom stereocenters. The van der Waals surface area contributed by atoms with E-state index in [0.717, 1.165) is 35.5 Å². The fourth-order valence-electron chi connectivity index (χ4n) is 8.40. The van der Waals surface area contributed by atoms with Crippen LogP contribution in [-0.4, -0.2) is 63.4 Å². The number of furan rings is 1. The molecular weight excluding hydrogens is 471 g/mol. The molecule has 2 aromatic rings. The highest BCUT2D eigenvalue weighted by Gasteiger charge is 2.54. The summed E-state index contributed by atoms with van der Waals surface area (Å²) in [5.41, 5.74) is 0.502. The number of fused-ring (bicyclic) bond motifs is 1. The monoisotopic (exact) mass is 503 g/mol. The Morgan fingerprint density at radius 3 is 2.28 bits per heavy atom. The first-order chi connectivity index (χ1) is 17.3. The van der Waals surface area contributed by atoms with Gasteiger partial charge in [0.25, 0.3) is 5.91 Å². The molecule has 0 unspecified atom stereocenters. The number of halogens is 3. The summed E-state index contributed by atoms with van der Waals surface area (Å²) in [6.07, 6.45) is 6.07. The first kappa shape index (κ1) is 22.7. The van der Waals surface area contributed by atoms with Crippen molar-refractivity contribution < 1.29 is 22.4 Å². The number of hydrogen-bond acceptors (Lipinski definition) is 5. The normalized spacial score (nSPS) is 36.1. The lowest BCUT2D eigenvalue weighted by molar-refractivity contribution is -0.174. The number of nitrogens with zero attached hydrogens (tertiary/aromatic N) is 4. The number of nitrogens with one attached hydrogen (secondary N) is 1. The summed E-state index contributed by atoms with van der Waals surface area (Å²) in [5.74, 6) is 2.88. The van der Waals surface area contributed by atoms with Crippen molar-refractivity contribution in [2.24, 2.45) is 17.8 Å². The summed E-state index contributed by atoms with van der Waals surface area (Å²) in [7, 11) is 0. The summed E-state index contributed by atoms with van der Waals surface area (Å²) in [5, 5.41) is 7.14. The second kappa shape index (κ2) is 8.00. The van der Waals surface area contributed by atoms with Gasteiger partial charge >= 0.3 is 6.18 Å². The Bertz CT molecular complexity index is 1100. The molecule has 10 heteroatoms. The zero-order valence-corrected chi connectivity index (χ0v) is 20.2. The molecule has 0 aromatic carbocycles. The van der Waals surface area contributed by atoms with Gasteiger partial charge in [-0.05, 0) is 68.4 Å². The van der Waals surface area contributed by atoms with Gasteiger partial charge in [-0.25, -0.2) is 4.68 Å². The number of aromatic nitrogens is 2. The van der Waals surface area contributed by atoms with Crippen LogP contribution in [-0.2, 0) is 0 Å². The van der Waals surface area contributed by atoms with Crippen molar-refractivity contribution in [2.75, 3.05) is 31.5 Å². The van der Waals surface area contributed by atoms with Crippen LogP contribution in [0.3, 0.4) is 0 Å². The molecule has 2 aliphatic heterocycles. The van der Waals surface area contributed by atoms with Crippen LogP contribution in [0.4, 0.5) is 19.0 Å². The lowest BCUT2D eigenvalue weighted by atomic mass is 9.52.